The quantitative estimate of drug-likeness (QED) is 0.215. The van der Waals surface area contributed by atoms with Crippen molar-refractivity contribution in [1.29, 1.82) is 0 Å². The molecule has 0 fully saturated rings. The first-order valence-electron chi connectivity index (χ1n) is 10.9. The first-order valence-corrected chi connectivity index (χ1v) is 13.9. The topological polar surface area (TPSA) is 39.4 Å². The Labute approximate surface area is 168 Å². The van der Waals surface area contributed by atoms with Gasteiger partial charge in [-0.05, 0) is 23.9 Å². The molecule has 0 amide bonds. The molecule has 0 aliphatic heterocycles. The summed E-state index contributed by atoms with van der Waals surface area (Å²) in [6.45, 7) is 15.3. The molecule has 1 rings (SSSR count). The number of ether oxygens (including phenoxy) is 1. The molecule has 0 saturated carbocycles. The zero-order valence-corrected chi connectivity index (χ0v) is 19.8. The number of furan rings is 1. The van der Waals surface area contributed by atoms with E-state index in [-0.39, 0.29) is 17.1 Å². The number of unbranched alkanes of at least 4 members (excludes halogenated alkanes) is 7. The largest absolute Gasteiger partial charge is 0.474 e. The maximum atomic E-state index is 11.6. The highest BCUT2D eigenvalue weighted by Crippen LogP contribution is 2.36. The zero-order chi connectivity index (χ0) is 20.5. The summed E-state index contributed by atoms with van der Waals surface area (Å²) < 4.78 is 11.6. The van der Waals surface area contributed by atoms with Crippen LogP contribution in [0.25, 0.3) is 0 Å². The molecule has 4 heteroatoms. The monoisotopic (exact) mass is 394 g/mol. The molecule has 1 aromatic heterocycles. The third kappa shape index (κ3) is 7.85. The summed E-state index contributed by atoms with van der Waals surface area (Å²) in [5.41, 5.74) is 1.02. The van der Waals surface area contributed by atoms with Crippen molar-refractivity contribution in [1.82, 2.24) is 0 Å². The minimum atomic E-state index is -1.71. The fourth-order valence-corrected chi connectivity index (χ4v) is 4.79. The SMILES string of the molecule is CCCCCCCCCCC(OC(C)=O)c1coc([Si](C)(C)C(C)(C)C)c1. The maximum absolute atomic E-state index is 11.6. The van der Waals surface area contributed by atoms with Crippen LogP contribution in [0.3, 0.4) is 0 Å². The van der Waals surface area contributed by atoms with Gasteiger partial charge in [0.1, 0.15) is 14.2 Å². The second-order valence-corrected chi connectivity index (χ2v) is 14.7. The molecule has 1 atom stereocenters. The van der Waals surface area contributed by atoms with Crippen molar-refractivity contribution < 1.29 is 13.9 Å². The smallest absolute Gasteiger partial charge is 0.303 e. The maximum Gasteiger partial charge on any atom is 0.303 e. The van der Waals surface area contributed by atoms with E-state index in [0.29, 0.717) is 0 Å². The first kappa shape index (κ1) is 24.0. The average molecular weight is 395 g/mol. The van der Waals surface area contributed by atoms with Crippen molar-refractivity contribution in [3.8, 4) is 0 Å². The fraction of sp³-hybridized carbons (Fsp3) is 0.783. The Hall–Kier alpha value is -1.03. The van der Waals surface area contributed by atoms with Gasteiger partial charge >= 0.3 is 5.97 Å². The van der Waals surface area contributed by atoms with Crippen molar-refractivity contribution in [3.05, 3.63) is 17.9 Å². The zero-order valence-electron chi connectivity index (χ0n) is 18.8. The molecule has 27 heavy (non-hydrogen) atoms. The Morgan fingerprint density at radius 1 is 1.07 bits per heavy atom. The van der Waals surface area contributed by atoms with E-state index in [0.717, 1.165) is 23.8 Å². The van der Waals surface area contributed by atoms with Gasteiger partial charge in [0.05, 0.1) is 11.6 Å². The molecular formula is C23H42O3Si. The minimum Gasteiger partial charge on any atom is -0.474 e. The predicted octanol–water partition coefficient (Wildman–Crippen LogP) is 7.13. The highest BCUT2D eigenvalue weighted by Gasteiger charge is 2.40. The van der Waals surface area contributed by atoms with Gasteiger partial charge in [0.25, 0.3) is 0 Å². The third-order valence-corrected chi connectivity index (χ3v) is 11.4. The molecule has 0 saturated heterocycles. The molecule has 0 radical (unpaired) electrons. The third-order valence-electron chi connectivity index (χ3n) is 6.11. The van der Waals surface area contributed by atoms with Gasteiger partial charge in [0.15, 0.2) is 0 Å². The Balaban J connectivity index is 2.61. The molecule has 3 nitrogen and oxygen atoms in total. The Morgan fingerprint density at radius 2 is 1.63 bits per heavy atom. The van der Waals surface area contributed by atoms with Gasteiger partial charge in [-0.15, -0.1) is 0 Å². The summed E-state index contributed by atoms with van der Waals surface area (Å²) in [5, 5.41) is 1.31. The van der Waals surface area contributed by atoms with Crippen LogP contribution in [-0.4, -0.2) is 14.0 Å². The van der Waals surface area contributed by atoms with Crippen molar-refractivity contribution in [2.75, 3.05) is 0 Å². The lowest BCUT2D eigenvalue weighted by molar-refractivity contribution is -0.147. The summed E-state index contributed by atoms with van der Waals surface area (Å²) in [6.07, 6.45) is 12.8. The highest BCUT2D eigenvalue weighted by atomic mass is 28.3. The van der Waals surface area contributed by atoms with E-state index in [1.807, 2.05) is 6.26 Å². The summed E-state index contributed by atoms with van der Waals surface area (Å²) in [7, 11) is -1.71. The number of rotatable bonds is 12. The van der Waals surface area contributed by atoms with Gasteiger partial charge < -0.3 is 9.15 Å². The van der Waals surface area contributed by atoms with Crippen LogP contribution in [0.4, 0.5) is 0 Å². The molecule has 0 bridgehead atoms. The van der Waals surface area contributed by atoms with E-state index in [2.05, 4.69) is 46.9 Å². The van der Waals surface area contributed by atoms with E-state index in [1.165, 1.54) is 51.9 Å². The molecule has 0 aliphatic rings. The van der Waals surface area contributed by atoms with Crippen molar-refractivity contribution in [3.63, 3.8) is 0 Å². The van der Waals surface area contributed by atoms with E-state index in [1.54, 1.807) is 0 Å². The van der Waals surface area contributed by atoms with Crippen LogP contribution in [0.1, 0.15) is 104 Å². The Bertz CT molecular complexity index is 554. The molecular weight excluding hydrogens is 352 g/mol. The van der Waals surface area contributed by atoms with Crippen LogP contribution >= 0.6 is 0 Å². The van der Waals surface area contributed by atoms with Gasteiger partial charge in [-0.1, -0.05) is 85.7 Å². The predicted molar refractivity (Wildman–Crippen MR) is 117 cm³/mol. The van der Waals surface area contributed by atoms with Gasteiger partial charge in [-0.2, -0.15) is 0 Å². The standard InChI is InChI=1S/C23H42O3Si/c1-8-9-10-11-12-13-14-15-16-21(26-19(2)24)20-17-22(25-18-20)27(6,7)23(3,4)5/h17-18,21H,8-16H2,1-7H3. The number of carbonyl (C=O) groups is 1. The van der Waals surface area contributed by atoms with Crippen LogP contribution in [-0.2, 0) is 9.53 Å². The lowest BCUT2D eigenvalue weighted by Crippen LogP contribution is -2.48. The highest BCUT2D eigenvalue weighted by molar-refractivity contribution is 6.91. The van der Waals surface area contributed by atoms with E-state index in [4.69, 9.17) is 9.15 Å². The van der Waals surface area contributed by atoms with Crippen molar-refractivity contribution >= 4 is 19.4 Å². The van der Waals surface area contributed by atoms with Gasteiger partial charge in [-0.3, -0.25) is 4.79 Å². The van der Waals surface area contributed by atoms with Gasteiger partial charge in [0.2, 0.25) is 0 Å². The normalized spacial score (nSPS) is 13.6. The molecule has 0 spiro atoms. The molecule has 1 unspecified atom stereocenters. The number of carbonyl (C=O) groups excluding carboxylic acids is 1. The fourth-order valence-electron chi connectivity index (χ4n) is 3.17. The van der Waals surface area contributed by atoms with Crippen molar-refractivity contribution in [2.24, 2.45) is 0 Å². The van der Waals surface area contributed by atoms with E-state index in [9.17, 15) is 4.79 Å². The number of esters is 1. The number of hydrogen-bond donors (Lipinski definition) is 0. The molecule has 1 aromatic rings. The Morgan fingerprint density at radius 3 is 2.15 bits per heavy atom. The van der Waals surface area contributed by atoms with Crippen LogP contribution in [0.15, 0.2) is 16.7 Å². The summed E-state index contributed by atoms with van der Waals surface area (Å²) in [6, 6.07) is 2.15. The van der Waals surface area contributed by atoms with Crippen LogP contribution in [0.2, 0.25) is 18.1 Å². The molecule has 0 N–H and O–H groups in total. The Kier molecular flexibility index (Phi) is 9.86. The lowest BCUT2D eigenvalue weighted by Gasteiger charge is -2.34. The molecule has 0 aliphatic carbocycles. The van der Waals surface area contributed by atoms with E-state index < -0.39 is 8.07 Å². The van der Waals surface area contributed by atoms with Gasteiger partial charge in [-0.25, -0.2) is 0 Å². The minimum absolute atomic E-state index is 0.176. The van der Waals surface area contributed by atoms with E-state index >= 15 is 0 Å². The number of hydrogen-bond acceptors (Lipinski definition) is 3. The summed E-state index contributed by atoms with van der Waals surface area (Å²) in [5.74, 6) is -0.213. The van der Waals surface area contributed by atoms with Crippen molar-refractivity contribution in [2.45, 2.75) is 117 Å². The van der Waals surface area contributed by atoms with Crippen LogP contribution in [0.5, 0.6) is 0 Å². The molecule has 1 heterocycles. The molecule has 0 aromatic carbocycles. The van der Waals surface area contributed by atoms with Gasteiger partial charge in [0, 0.05) is 12.5 Å². The second-order valence-electron chi connectivity index (χ2n) is 9.48. The summed E-state index contributed by atoms with van der Waals surface area (Å²) >= 11 is 0. The molecule has 156 valence electrons. The summed E-state index contributed by atoms with van der Waals surface area (Å²) in [4.78, 5) is 11.6. The van der Waals surface area contributed by atoms with Crippen LogP contribution < -0.4 is 5.38 Å². The second kappa shape index (κ2) is 11.1. The first-order chi connectivity index (χ1) is 12.6. The van der Waals surface area contributed by atoms with Crippen LogP contribution in [0, 0.1) is 0 Å². The average Bonchev–Trinajstić information content (AvgIpc) is 3.05. The lowest BCUT2D eigenvalue weighted by atomic mass is 10.0.